The lowest BCUT2D eigenvalue weighted by Crippen LogP contribution is -2.58. The van der Waals surface area contributed by atoms with Crippen LogP contribution >= 0.6 is 12.4 Å². The number of piperidine rings is 3. The Morgan fingerprint density at radius 2 is 1.83 bits per heavy atom. The summed E-state index contributed by atoms with van der Waals surface area (Å²) in [4.78, 5) is 15.3. The van der Waals surface area contributed by atoms with E-state index in [9.17, 15) is 9.18 Å². The number of esters is 1. The molecule has 4 aliphatic rings. The van der Waals surface area contributed by atoms with Crippen LogP contribution in [0.15, 0.2) is 24.3 Å². The second-order valence-corrected chi connectivity index (χ2v) is 7.10. The van der Waals surface area contributed by atoms with Crippen molar-refractivity contribution in [3.63, 3.8) is 0 Å². The highest BCUT2D eigenvalue weighted by Crippen LogP contribution is 2.54. The smallest absolute Gasteiger partial charge is 0.317 e. The molecule has 0 radical (unpaired) electrons. The number of hydrogen-bond donors (Lipinski definition) is 0. The first-order valence-corrected chi connectivity index (χ1v) is 8.38. The van der Waals surface area contributed by atoms with Crippen molar-refractivity contribution in [1.82, 2.24) is 4.90 Å². The van der Waals surface area contributed by atoms with E-state index in [2.05, 4.69) is 4.90 Å². The molecular weight excluding hydrogens is 317 g/mol. The van der Waals surface area contributed by atoms with Gasteiger partial charge in [-0.05, 0) is 74.9 Å². The molecule has 4 fully saturated rings. The Labute approximate surface area is 142 Å². The summed E-state index contributed by atoms with van der Waals surface area (Å²) in [5.74, 6) is 1.17. The summed E-state index contributed by atoms with van der Waals surface area (Å²) in [7, 11) is 0. The Hall–Kier alpha value is -1.13. The molecule has 1 atom stereocenters. The Bertz CT molecular complexity index is 565. The van der Waals surface area contributed by atoms with Gasteiger partial charge in [-0.25, -0.2) is 4.39 Å². The molecule has 0 spiro atoms. The van der Waals surface area contributed by atoms with Gasteiger partial charge < -0.3 is 9.64 Å². The molecule has 0 amide bonds. The molecular formula is C18H23ClFNO2. The zero-order valence-electron chi connectivity index (χ0n) is 13.2. The maximum Gasteiger partial charge on any atom is 0.317 e. The SMILES string of the molecule is Cl.O=C(Oc1ccc(F)cc1)C1(C2CN3CCC2CC3)CCC1. The molecule has 0 N–H and O–H groups in total. The average Bonchev–Trinajstić information content (AvgIpc) is 2.50. The number of hydrogen-bond acceptors (Lipinski definition) is 3. The topological polar surface area (TPSA) is 29.5 Å². The summed E-state index contributed by atoms with van der Waals surface area (Å²) >= 11 is 0. The second-order valence-electron chi connectivity index (χ2n) is 7.10. The van der Waals surface area contributed by atoms with Crippen molar-refractivity contribution in [3.05, 3.63) is 30.1 Å². The van der Waals surface area contributed by atoms with Crippen molar-refractivity contribution in [1.29, 1.82) is 0 Å². The van der Waals surface area contributed by atoms with Gasteiger partial charge in [0, 0.05) is 6.54 Å². The minimum atomic E-state index is -0.310. The fourth-order valence-corrected chi connectivity index (χ4v) is 4.59. The molecule has 3 heterocycles. The number of rotatable bonds is 3. The van der Waals surface area contributed by atoms with Crippen molar-refractivity contribution in [3.8, 4) is 5.75 Å². The number of halogens is 2. The highest BCUT2D eigenvalue weighted by molar-refractivity contribution is 5.85. The molecule has 2 bridgehead atoms. The molecule has 1 unspecified atom stereocenters. The maximum absolute atomic E-state index is 13.0. The number of carbonyl (C=O) groups is 1. The highest BCUT2D eigenvalue weighted by atomic mass is 35.5. The van der Waals surface area contributed by atoms with E-state index in [1.807, 2.05) is 0 Å². The fraction of sp³-hybridized carbons (Fsp3) is 0.611. The van der Waals surface area contributed by atoms with Crippen LogP contribution in [0.5, 0.6) is 5.75 Å². The summed E-state index contributed by atoms with van der Waals surface area (Å²) in [5.41, 5.74) is -0.294. The number of carbonyl (C=O) groups excluding carboxylic acids is 1. The summed E-state index contributed by atoms with van der Waals surface area (Å²) < 4.78 is 18.6. The summed E-state index contributed by atoms with van der Waals surface area (Å²) in [6, 6.07) is 5.75. The molecule has 0 aromatic heterocycles. The van der Waals surface area contributed by atoms with Crippen LogP contribution < -0.4 is 4.74 Å². The molecule has 23 heavy (non-hydrogen) atoms. The number of fused-ring (bicyclic) bond motifs is 3. The third-order valence-corrected chi connectivity index (χ3v) is 6.04. The number of ether oxygens (including phenoxy) is 1. The Morgan fingerprint density at radius 3 is 2.30 bits per heavy atom. The minimum Gasteiger partial charge on any atom is -0.426 e. The van der Waals surface area contributed by atoms with E-state index in [4.69, 9.17) is 4.74 Å². The van der Waals surface area contributed by atoms with Crippen molar-refractivity contribution < 1.29 is 13.9 Å². The number of nitrogens with zero attached hydrogens (tertiary/aromatic N) is 1. The highest BCUT2D eigenvalue weighted by Gasteiger charge is 2.56. The lowest BCUT2D eigenvalue weighted by atomic mass is 9.55. The Morgan fingerprint density at radius 1 is 1.17 bits per heavy atom. The van der Waals surface area contributed by atoms with E-state index >= 15 is 0 Å². The largest absolute Gasteiger partial charge is 0.426 e. The maximum atomic E-state index is 13.0. The first-order chi connectivity index (χ1) is 10.7. The minimum absolute atomic E-state index is 0. The summed E-state index contributed by atoms with van der Waals surface area (Å²) in [5, 5.41) is 0. The van der Waals surface area contributed by atoms with Crippen molar-refractivity contribution in [2.75, 3.05) is 19.6 Å². The average molecular weight is 340 g/mol. The van der Waals surface area contributed by atoms with Crippen LogP contribution in [-0.4, -0.2) is 30.5 Å². The van der Waals surface area contributed by atoms with Gasteiger partial charge in [0.05, 0.1) is 5.41 Å². The van der Waals surface area contributed by atoms with Crippen LogP contribution in [-0.2, 0) is 4.79 Å². The van der Waals surface area contributed by atoms with Gasteiger partial charge in [-0.15, -0.1) is 12.4 Å². The van der Waals surface area contributed by atoms with E-state index < -0.39 is 0 Å². The van der Waals surface area contributed by atoms with E-state index in [1.54, 1.807) is 0 Å². The van der Waals surface area contributed by atoms with Crippen LogP contribution in [0.1, 0.15) is 32.1 Å². The second kappa shape index (κ2) is 6.40. The lowest BCUT2D eigenvalue weighted by molar-refractivity contribution is -0.165. The molecule has 5 heteroatoms. The predicted octanol–water partition coefficient (Wildman–Crippen LogP) is 3.67. The fourth-order valence-electron chi connectivity index (χ4n) is 4.59. The van der Waals surface area contributed by atoms with E-state index in [0.717, 1.165) is 25.8 Å². The molecule has 1 aromatic carbocycles. The molecule has 3 nitrogen and oxygen atoms in total. The molecule has 1 aliphatic carbocycles. The van der Waals surface area contributed by atoms with Gasteiger partial charge in [0.2, 0.25) is 0 Å². The van der Waals surface area contributed by atoms with Crippen molar-refractivity contribution in [2.24, 2.45) is 17.3 Å². The van der Waals surface area contributed by atoms with Gasteiger partial charge in [-0.3, -0.25) is 4.79 Å². The third-order valence-electron chi connectivity index (χ3n) is 6.04. The van der Waals surface area contributed by atoms with Gasteiger partial charge >= 0.3 is 5.97 Å². The van der Waals surface area contributed by atoms with Gasteiger partial charge in [0.1, 0.15) is 11.6 Å². The van der Waals surface area contributed by atoms with Crippen LogP contribution in [0.3, 0.4) is 0 Å². The van der Waals surface area contributed by atoms with E-state index in [1.165, 1.54) is 50.2 Å². The lowest BCUT2D eigenvalue weighted by Gasteiger charge is -2.55. The molecule has 3 aliphatic heterocycles. The molecule has 3 saturated heterocycles. The molecule has 5 rings (SSSR count). The Kier molecular flexibility index (Phi) is 4.65. The zero-order chi connectivity index (χ0) is 15.2. The van der Waals surface area contributed by atoms with Crippen LogP contribution in [0.4, 0.5) is 4.39 Å². The Balaban J connectivity index is 0.00000156. The van der Waals surface area contributed by atoms with Gasteiger partial charge in [-0.1, -0.05) is 6.42 Å². The van der Waals surface area contributed by atoms with Crippen LogP contribution in [0.25, 0.3) is 0 Å². The molecule has 126 valence electrons. The molecule has 1 aromatic rings. The third kappa shape index (κ3) is 2.87. The first kappa shape index (κ1) is 16.7. The van der Waals surface area contributed by atoms with Gasteiger partial charge in [0.15, 0.2) is 0 Å². The number of benzene rings is 1. The van der Waals surface area contributed by atoms with Crippen molar-refractivity contribution in [2.45, 2.75) is 32.1 Å². The van der Waals surface area contributed by atoms with Gasteiger partial charge in [0.25, 0.3) is 0 Å². The van der Waals surface area contributed by atoms with Gasteiger partial charge in [-0.2, -0.15) is 0 Å². The zero-order valence-corrected chi connectivity index (χ0v) is 14.0. The quantitative estimate of drug-likeness (QED) is 0.621. The van der Waals surface area contributed by atoms with Crippen LogP contribution in [0, 0.1) is 23.1 Å². The normalized spacial score (nSPS) is 30.9. The van der Waals surface area contributed by atoms with Crippen molar-refractivity contribution >= 4 is 18.4 Å². The summed E-state index contributed by atoms with van der Waals surface area (Å²) in [6.07, 6.45) is 5.44. The first-order valence-electron chi connectivity index (χ1n) is 8.38. The summed E-state index contributed by atoms with van der Waals surface area (Å²) in [6.45, 7) is 3.41. The standard InChI is InChI=1S/C18H22FNO2.ClH/c19-14-2-4-15(5-3-14)22-17(21)18(8-1-9-18)16-12-20-10-6-13(16)7-11-20;/h2-5,13,16H,1,6-12H2;1H. The monoisotopic (exact) mass is 339 g/mol. The van der Waals surface area contributed by atoms with E-state index in [0.29, 0.717) is 17.6 Å². The van der Waals surface area contributed by atoms with E-state index in [-0.39, 0.29) is 29.6 Å². The van der Waals surface area contributed by atoms with Crippen LogP contribution in [0.2, 0.25) is 0 Å². The molecule has 1 saturated carbocycles. The predicted molar refractivity (Wildman–Crippen MR) is 88.2 cm³/mol.